The molecule has 5 heteroatoms. The van der Waals surface area contributed by atoms with E-state index >= 15 is 0 Å². The maximum atomic E-state index is 11.9. The highest BCUT2D eigenvalue weighted by molar-refractivity contribution is 9.10. The Morgan fingerprint density at radius 3 is 2.83 bits per heavy atom. The Morgan fingerprint density at radius 2 is 2.22 bits per heavy atom. The Labute approximate surface area is 114 Å². The smallest absolute Gasteiger partial charge is 0.311 e. The molecule has 18 heavy (non-hydrogen) atoms. The summed E-state index contributed by atoms with van der Waals surface area (Å²) >= 11 is 3.42. The van der Waals surface area contributed by atoms with E-state index in [1.807, 2.05) is 25.1 Å². The number of methoxy groups -OCH3 is 1. The Kier molecular flexibility index (Phi) is 3.71. The van der Waals surface area contributed by atoms with Crippen LogP contribution in [-0.4, -0.2) is 25.5 Å². The van der Waals surface area contributed by atoms with Gasteiger partial charge >= 0.3 is 5.97 Å². The molecule has 1 amide bonds. The molecule has 1 aliphatic heterocycles. The molecule has 0 saturated carbocycles. The van der Waals surface area contributed by atoms with E-state index in [9.17, 15) is 9.59 Å². The van der Waals surface area contributed by atoms with Gasteiger partial charge in [-0.3, -0.25) is 9.59 Å². The minimum atomic E-state index is -0.355. The van der Waals surface area contributed by atoms with Crippen molar-refractivity contribution in [2.75, 3.05) is 18.6 Å². The lowest BCUT2D eigenvalue weighted by atomic mass is 10.1. The summed E-state index contributed by atoms with van der Waals surface area (Å²) in [6.45, 7) is 2.36. The molecule has 1 heterocycles. The van der Waals surface area contributed by atoms with Crippen molar-refractivity contribution in [3.63, 3.8) is 0 Å². The monoisotopic (exact) mass is 311 g/mol. The molecule has 0 unspecified atom stereocenters. The van der Waals surface area contributed by atoms with E-state index in [0.29, 0.717) is 6.54 Å². The first-order valence-electron chi connectivity index (χ1n) is 5.67. The lowest BCUT2D eigenvalue weighted by Crippen LogP contribution is -2.26. The number of aryl methyl sites for hydroxylation is 1. The normalized spacial score (nSPS) is 19.2. The van der Waals surface area contributed by atoms with Crippen LogP contribution in [-0.2, 0) is 14.3 Å². The molecule has 1 saturated heterocycles. The number of carbonyl (C=O) groups excluding carboxylic acids is 2. The predicted octanol–water partition coefficient (Wildman–Crippen LogP) is 2.28. The number of anilines is 1. The Hall–Kier alpha value is -1.36. The number of esters is 1. The predicted molar refractivity (Wildman–Crippen MR) is 71.4 cm³/mol. The van der Waals surface area contributed by atoms with Gasteiger partial charge in [0.1, 0.15) is 0 Å². The number of halogens is 1. The molecule has 1 aliphatic rings. The van der Waals surface area contributed by atoms with Gasteiger partial charge in [0.15, 0.2) is 0 Å². The van der Waals surface area contributed by atoms with Crippen LogP contribution in [0.1, 0.15) is 12.0 Å². The second-order valence-corrected chi connectivity index (χ2v) is 5.22. The first-order valence-corrected chi connectivity index (χ1v) is 6.46. The minimum Gasteiger partial charge on any atom is -0.469 e. The van der Waals surface area contributed by atoms with Crippen LogP contribution in [0.15, 0.2) is 22.7 Å². The number of hydrogen-bond donors (Lipinski definition) is 0. The van der Waals surface area contributed by atoms with Crippen molar-refractivity contribution in [3.05, 3.63) is 28.2 Å². The third-order valence-electron chi connectivity index (χ3n) is 3.11. The van der Waals surface area contributed by atoms with Gasteiger partial charge in [-0.1, -0.05) is 15.9 Å². The quantitative estimate of drug-likeness (QED) is 0.787. The molecule has 0 radical (unpaired) electrons. The van der Waals surface area contributed by atoms with Crippen LogP contribution in [0.4, 0.5) is 5.69 Å². The number of ether oxygens (including phenoxy) is 1. The van der Waals surface area contributed by atoms with Crippen molar-refractivity contribution in [1.29, 1.82) is 0 Å². The third kappa shape index (κ3) is 2.41. The molecule has 1 aromatic rings. The maximum Gasteiger partial charge on any atom is 0.311 e. The van der Waals surface area contributed by atoms with Crippen LogP contribution in [0.3, 0.4) is 0 Å². The van der Waals surface area contributed by atoms with Gasteiger partial charge in [-0.15, -0.1) is 0 Å². The summed E-state index contributed by atoms with van der Waals surface area (Å²) in [5, 5.41) is 0. The van der Waals surface area contributed by atoms with Crippen LogP contribution in [0.25, 0.3) is 0 Å². The topological polar surface area (TPSA) is 46.6 Å². The second-order valence-electron chi connectivity index (χ2n) is 4.36. The first-order chi connectivity index (χ1) is 8.52. The van der Waals surface area contributed by atoms with Crippen molar-refractivity contribution < 1.29 is 14.3 Å². The highest BCUT2D eigenvalue weighted by Gasteiger charge is 2.35. The largest absolute Gasteiger partial charge is 0.469 e. The lowest BCUT2D eigenvalue weighted by Gasteiger charge is -2.17. The van der Waals surface area contributed by atoms with Crippen LogP contribution in [0.2, 0.25) is 0 Å². The first kappa shape index (κ1) is 13.1. The summed E-state index contributed by atoms with van der Waals surface area (Å²) < 4.78 is 5.69. The molecule has 1 fully saturated rings. The standard InChI is InChI=1S/C13H14BrNO3/c1-8-5-10(3-4-11(8)14)15-7-9(6-12(15)16)13(17)18-2/h3-5,9H,6-7H2,1-2H3/t9-/m1/s1. The highest BCUT2D eigenvalue weighted by atomic mass is 79.9. The zero-order valence-electron chi connectivity index (χ0n) is 10.3. The fraction of sp³-hybridized carbons (Fsp3) is 0.385. The van der Waals surface area contributed by atoms with Crippen LogP contribution >= 0.6 is 15.9 Å². The summed E-state index contributed by atoms with van der Waals surface area (Å²) in [5.74, 6) is -0.710. The fourth-order valence-electron chi connectivity index (χ4n) is 2.08. The molecule has 1 atom stereocenters. The van der Waals surface area contributed by atoms with Gasteiger partial charge in [-0.25, -0.2) is 0 Å². The van der Waals surface area contributed by atoms with E-state index in [4.69, 9.17) is 0 Å². The van der Waals surface area contributed by atoms with E-state index < -0.39 is 0 Å². The Morgan fingerprint density at radius 1 is 1.50 bits per heavy atom. The molecule has 0 bridgehead atoms. The van der Waals surface area contributed by atoms with Gasteiger partial charge in [0, 0.05) is 23.1 Å². The SMILES string of the molecule is COC(=O)[C@@H]1CC(=O)N(c2ccc(Br)c(C)c2)C1. The molecular weight excluding hydrogens is 298 g/mol. The number of benzene rings is 1. The van der Waals surface area contributed by atoms with E-state index in [2.05, 4.69) is 20.7 Å². The van der Waals surface area contributed by atoms with Crippen LogP contribution < -0.4 is 4.90 Å². The van der Waals surface area contributed by atoms with Gasteiger partial charge in [-0.2, -0.15) is 0 Å². The third-order valence-corrected chi connectivity index (χ3v) is 4.00. The molecule has 0 aliphatic carbocycles. The summed E-state index contributed by atoms with van der Waals surface area (Å²) in [6, 6.07) is 5.71. The summed E-state index contributed by atoms with van der Waals surface area (Å²) in [4.78, 5) is 25.0. The van der Waals surface area contributed by atoms with E-state index in [-0.39, 0.29) is 24.2 Å². The van der Waals surface area contributed by atoms with Gasteiger partial charge in [0.25, 0.3) is 0 Å². The van der Waals surface area contributed by atoms with Crippen molar-refractivity contribution >= 4 is 33.5 Å². The summed E-state index contributed by atoms with van der Waals surface area (Å²) in [5.41, 5.74) is 1.88. The minimum absolute atomic E-state index is 0.0351. The highest BCUT2D eigenvalue weighted by Crippen LogP contribution is 2.28. The number of rotatable bonds is 2. The average Bonchev–Trinajstić information content (AvgIpc) is 2.74. The number of nitrogens with zero attached hydrogens (tertiary/aromatic N) is 1. The number of amides is 1. The molecule has 0 spiro atoms. The van der Waals surface area contributed by atoms with Crippen LogP contribution in [0, 0.1) is 12.8 Å². The van der Waals surface area contributed by atoms with Gasteiger partial charge in [0.05, 0.1) is 13.0 Å². The Balaban J connectivity index is 2.21. The van der Waals surface area contributed by atoms with Crippen LogP contribution in [0.5, 0.6) is 0 Å². The zero-order chi connectivity index (χ0) is 13.3. The number of carbonyl (C=O) groups is 2. The molecule has 0 aromatic heterocycles. The van der Waals surface area contributed by atoms with Crippen molar-refractivity contribution in [3.8, 4) is 0 Å². The van der Waals surface area contributed by atoms with Gasteiger partial charge in [-0.05, 0) is 30.7 Å². The second kappa shape index (κ2) is 5.10. The maximum absolute atomic E-state index is 11.9. The summed E-state index contributed by atoms with van der Waals surface area (Å²) in [6.07, 6.45) is 0.224. The number of hydrogen-bond acceptors (Lipinski definition) is 3. The van der Waals surface area contributed by atoms with Gasteiger partial charge in [0.2, 0.25) is 5.91 Å². The molecular formula is C13H14BrNO3. The average molecular weight is 312 g/mol. The van der Waals surface area contributed by atoms with Crippen molar-refractivity contribution in [2.45, 2.75) is 13.3 Å². The van der Waals surface area contributed by atoms with Gasteiger partial charge < -0.3 is 9.64 Å². The molecule has 0 N–H and O–H groups in total. The van der Waals surface area contributed by atoms with E-state index in [1.54, 1.807) is 4.90 Å². The van der Waals surface area contributed by atoms with E-state index in [1.165, 1.54) is 7.11 Å². The van der Waals surface area contributed by atoms with Crippen molar-refractivity contribution in [1.82, 2.24) is 0 Å². The molecule has 4 nitrogen and oxygen atoms in total. The molecule has 1 aromatic carbocycles. The molecule has 2 rings (SSSR count). The van der Waals surface area contributed by atoms with E-state index in [0.717, 1.165) is 15.7 Å². The Bertz CT molecular complexity index is 501. The summed E-state index contributed by atoms with van der Waals surface area (Å²) in [7, 11) is 1.35. The zero-order valence-corrected chi connectivity index (χ0v) is 11.9. The molecule has 96 valence electrons. The fourth-order valence-corrected chi connectivity index (χ4v) is 2.33. The van der Waals surface area contributed by atoms with Crippen molar-refractivity contribution in [2.24, 2.45) is 5.92 Å². The lowest BCUT2D eigenvalue weighted by molar-refractivity contribution is -0.145.